The Morgan fingerprint density at radius 3 is 2.79 bits per heavy atom. The van der Waals surface area contributed by atoms with E-state index >= 15 is 0 Å². The zero-order valence-electron chi connectivity index (χ0n) is 11.1. The number of nitrogen functional groups attached to an aromatic ring is 1. The van der Waals surface area contributed by atoms with Crippen LogP contribution in [0.1, 0.15) is 24.1 Å². The highest BCUT2D eigenvalue weighted by atomic mass is 35.5. The van der Waals surface area contributed by atoms with E-state index < -0.39 is 0 Å². The van der Waals surface area contributed by atoms with Crippen LogP contribution in [0.2, 0.25) is 0 Å². The van der Waals surface area contributed by atoms with Crippen LogP contribution in [0.3, 0.4) is 0 Å². The molecule has 5 nitrogen and oxygen atoms in total. The second-order valence-electron chi connectivity index (χ2n) is 4.76. The van der Waals surface area contributed by atoms with Gasteiger partial charge in [0.2, 0.25) is 5.91 Å². The first kappa shape index (κ1) is 16.2. The lowest BCUT2D eigenvalue weighted by Crippen LogP contribution is -2.34. The molecule has 0 bridgehead atoms. The third-order valence-electron chi connectivity index (χ3n) is 3.41. The lowest BCUT2D eigenvalue weighted by Gasteiger charge is -2.31. The van der Waals surface area contributed by atoms with Crippen LogP contribution in [-0.2, 0) is 11.3 Å². The number of carbonyl (C=O) groups is 1. The molecule has 0 aliphatic carbocycles. The standard InChI is InChI=1S/C12H20N4OS.ClH/c1-14-11(17)6-9-2-4-16(5-3-9)8-10-7-15-12(13)18-10;/h7,9H,2-6,8H2,1H3,(H2,13,15)(H,14,17);1H. The number of likely N-dealkylation sites (tertiary alicyclic amines) is 1. The van der Waals surface area contributed by atoms with Crippen LogP contribution in [0.5, 0.6) is 0 Å². The number of piperidine rings is 1. The Morgan fingerprint density at radius 2 is 2.26 bits per heavy atom. The zero-order valence-corrected chi connectivity index (χ0v) is 12.7. The van der Waals surface area contributed by atoms with Gasteiger partial charge in [-0.3, -0.25) is 9.69 Å². The Morgan fingerprint density at radius 1 is 1.58 bits per heavy atom. The van der Waals surface area contributed by atoms with Gasteiger partial charge in [-0.05, 0) is 31.8 Å². The summed E-state index contributed by atoms with van der Waals surface area (Å²) in [6, 6.07) is 0. The molecule has 19 heavy (non-hydrogen) atoms. The molecule has 1 fully saturated rings. The van der Waals surface area contributed by atoms with Crippen molar-refractivity contribution in [3.63, 3.8) is 0 Å². The van der Waals surface area contributed by atoms with Gasteiger partial charge in [0.1, 0.15) is 0 Å². The summed E-state index contributed by atoms with van der Waals surface area (Å²) in [7, 11) is 1.70. The van der Waals surface area contributed by atoms with Gasteiger partial charge >= 0.3 is 0 Å². The van der Waals surface area contributed by atoms with Crippen LogP contribution in [-0.4, -0.2) is 35.9 Å². The number of anilines is 1. The molecule has 7 heteroatoms. The van der Waals surface area contributed by atoms with Gasteiger partial charge in [-0.1, -0.05) is 0 Å². The second-order valence-corrected chi connectivity index (χ2v) is 5.91. The number of halogens is 1. The Kier molecular flexibility index (Phi) is 6.54. The van der Waals surface area contributed by atoms with Crippen LogP contribution < -0.4 is 11.1 Å². The largest absolute Gasteiger partial charge is 0.375 e. The van der Waals surface area contributed by atoms with Gasteiger partial charge in [-0.15, -0.1) is 23.7 Å². The number of nitrogens with one attached hydrogen (secondary N) is 1. The Labute approximate surface area is 124 Å². The van der Waals surface area contributed by atoms with E-state index in [0.717, 1.165) is 32.5 Å². The van der Waals surface area contributed by atoms with Gasteiger partial charge in [0.15, 0.2) is 5.13 Å². The van der Waals surface area contributed by atoms with Crippen LogP contribution >= 0.6 is 23.7 Å². The number of aromatic nitrogens is 1. The normalized spacial score (nSPS) is 16.9. The average Bonchev–Trinajstić information content (AvgIpc) is 2.77. The molecule has 0 saturated carbocycles. The SMILES string of the molecule is CNC(=O)CC1CCN(Cc2cnc(N)s2)CC1.Cl. The third-order valence-corrected chi connectivity index (χ3v) is 4.22. The van der Waals surface area contributed by atoms with Crippen molar-refractivity contribution < 1.29 is 4.79 Å². The summed E-state index contributed by atoms with van der Waals surface area (Å²) < 4.78 is 0. The van der Waals surface area contributed by atoms with Crippen LogP contribution in [0.15, 0.2) is 6.20 Å². The van der Waals surface area contributed by atoms with Gasteiger partial charge in [0.25, 0.3) is 0 Å². The molecule has 1 amide bonds. The van der Waals surface area contributed by atoms with Crippen molar-refractivity contribution in [1.29, 1.82) is 0 Å². The zero-order chi connectivity index (χ0) is 13.0. The van der Waals surface area contributed by atoms with Crippen molar-refractivity contribution in [2.45, 2.75) is 25.8 Å². The molecular weight excluding hydrogens is 284 g/mol. The molecule has 0 atom stereocenters. The Bertz CT molecular complexity index is 404. The molecule has 0 spiro atoms. The second kappa shape index (κ2) is 7.67. The fourth-order valence-corrected chi connectivity index (χ4v) is 3.06. The molecule has 0 radical (unpaired) electrons. The summed E-state index contributed by atoms with van der Waals surface area (Å²) in [6.45, 7) is 3.04. The minimum absolute atomic E-state index is 0. The maximum atomic E-state index is 11.3. The van der Waals surface area contributed by atoms with Crippen molar-refractivity contribution in [3.05, 3.63) is 11.1 Å². The van der Waals surface area contributed by atoms with Gasteiger partial charge in [0.05, 0.1) is 0 Å². The van der Waals surface area contributed by atoms with E-state index in [-0.39, 0.29) is 18.3 Å². The van der Waals surface area contributed by atoms with E-state index in [4.69, 9.17) is 5.73 Å². The number of amides is 1. The maximum Gasteiger partial charge on any atom is 0.220 e. The van der Waals surface area contributed by atoms with Crippen molar-refractivity contribution >= 4 is 34.8 Å². The van der Waals surface area contributed by atoms with Crippen molar-refractivity contribution in [3.8, 4) is 0 Å². The quantitative estimate of drug-likeness (QED) is 0.884. The fourth-order valence-electron chi connectivity index (χ4n) is 2.33. The highest BCUT2D eigenvalue weighted by molar-refractivity contribution is 7.15. The topological polar surface area (TPSA) is 71.2 Å². The summed E-state index contributed by atoms with van der Waals surface area (Å²) in [6.07, 6.45) is 4.72. The van der Waals surface area contributed by atoms with Crippen molar-refractivity contribution in [1.82, 2.24) is 15.2 Å². The minimum Gasteiger partial charge on any atom is -0.375 e. The van der Waals surface area contributed by atoms with E-state index in [2.05, 4.69) is 15.2 Å². The number of nitrogens with two attached hydrogens (primary N) is 1. The third kappa shape index (κ3) is 4.97. The Balaban J connectivity index is 0.00000180. The van der Waals surface area contributed by atoms with E-state index in [1.165, 1.54) is 4.88 Å². The molecule has 1 aromatic rings. The first-order valence-corrected chi connectivity index (χ1v) is 7.12. The first-order valence-electron chi connectivity index (χ1n) is 6.30. The molecule has 2 heterocycles. The molecule has 2 rings (SSSR count). The van der Waals surface area contributed by atoms with E-state index in [9.17, 15) is 4.79 Å². The number of hydrogen-bond donors (Lipinski definition) is 2. The summed E-state index contributed by atoms with van der Waals surface area (Å²) in [5.74, 6) is 0.691. The molecule has 1 aliphatic heterocycles. The van der Waals surface area contributed by atoms with Gasteiger partial charge in [0, 0.05) is 31.1 Å². The number of rotatable bonds is 4. The highest BCUT2D eigenvalue weighted by Crippen LogP contribution is 2.23. The summed E-state index contributed by atoms with van der Waals surface area (Å²) >= 11 is 1.56. The lowest BCUT2D eigenvalue weighted by atomic mass is 9.93. The van der Waals surface area contributed by atoms with Crippen LogP contribution in [0.25, 0.3) is 0 Å². The number of carbonyl (C=O) groups excluding carboxylic acids is 1. The number of nitrogens with zero attached hydrogens (tertiary/aromatic N) is 2. The number of hydrogen-bond acceptors (Lipinski definition) is 5. The minimum atomic E-state index is 0. The van der Waals surface area contributed by atoms with E-state index in [1.54, 1.807) is 18.4 Å². The smallest absolute Gasteiger partial charge is 0.220 e. The number of thiazole rings is 1. The summed E-state index contributed by atoms with van der Waals surface area (Å²) in [4.78, 5) is 19.0. The fraction of sp³-hybridized carbons (Fsp3) is 0.667. The summed E-state index contributed by atoms with van der Waals surface area (Å²) in [5.41, 5.74) is 5.62. The summed E-state index contributed by atoms with van der Waals surface area (Å²) in [5, 5.41) is 3.33. The highest BCUT2D eigenvalue weighted by Gasteiger charge is 2.21. The molecule has 1 aliphatic rings. The predicted molar refractivity (Wildman–Crippen MR) is 80.5 cm³/mol. The molecular formula is C12H21ClN4OS. The monoisotopic (exact) mass is 304 g/mol. The van der Waals surface area contributed by atoms with Crippen LogP contribution in [0.4, 0.5) is 5.13 Å². The van der Waals surface area contributed by atoms with E-state index in [0.29, 0.717) is 17.5 Å². The predicted octanol–water partition coefficient (Wildman–Crippen LogP) is 1.50. The van der Waals surface area contributed by atoms with Gasteiger partial charge < -0.3 is 11.1 Å². The molecule has 1 saturated heterocycles. The van der Waals surface area contributed by atoms with Crippen molar-refractivity contribution in [2.75, 3.05) is 25.9 Å². The van der Waals surface area contributed by atoms with Gasteiger partial charge in [-0.2, -0.15) is 0 Å². The molecule has 0 unspecified atom stereocenters. The van der Waals surface area contributed by atoms with Crippen molar-refractivity contribution in [2.24, 2.45) is 5.92 Å². The first-order chi connectivity index (χ1) is 8.67. The van der Waals surface area contributed by atoms with Gasteiger partial charge in [-0.25, -0.2) is 4.98 Å². The lowest BCUT2D eigenvalue weighted by molar-refractivity contribution is -0.121. The molecule has 1 aromatic heterocycles. The van der Waals surface area contributed by atoms with E-state index in [1.807, 2.05) is 6.20 Å². The van der Waals surface area contributed by atoms with Crippen LogP contribution in [0, 0.1) is 5.92 Å². The Hall–Kier alpha value is -0.850. The maximum absolute atomic E-state index is 11.3. The molecule has 0 aromatic carbocycles. The molecule has 3 N–H and O–H groups in total. The average molecular weight is 305 g/mol. The molecule has 108 valence electrons.